The fourth-order valence-corrected chi connectivity index (χ4v) is 4.22. The number of hydrazine groups is 1. The Morgan fingerprint density at radius 2 is 1.93 bits per heavy atom. The topological polar surface area (TPSA) is 62.6 Å². The molecule has 0 radical (unpaired) electrons. The first-order valence-electron chi connectivity index (χ1n) is 7.89. The number of hydrogen-bond acceptors (Lipinski definition) is 6. The molecule has 1 saturated heterocycles. The summed E-state index contributed by atoms with van der Waals surface area (Å²) in [5.41, 5.74) is 3.50. The highest BCUT2D eigenvalue weighted by Gasteiger charge is 2.34. The van der Waals surface area contributed by atoms with Gasteiger partial charge in [0.05, 0.1) is 9.78 Å². The van der Waals surface area contributed by atoms with E-state index < -0.39 is 0 Å². The number of benzene rings is 1. The Hall–Kier alpha value is -2.68. The van der Waals surface area contributed by atoms with Gasteiger partial charge in [-0.15, -0.1) is 11.3 Å². The first kappa shape index (κ1) is 17.7. The number of thioether (sulfide) groups is 1. The van der Waals surface area contributed by atoms with Crippen molar-refractivity contribution in [1.82, 2.24) is 10.4 Å². The van der Waals surface area contributed by atoms with Crippen molar-refractivity contribution >= 4 is 57.5 Å². The van der Waals surface area contributed by atoms with Crippen LogP contribution in [0.1, 0.15) is 15.4 Å². The third-order valence-electron chi connectivity index (χ3n) is 3.71. The van der Waals surface area contributed by atoms with Crippen LogP contribution in [-0.2, 0) is 4.79 Å². The molecule has 0 unspecified atom stereocenters. The normalized spacial score (nSPS) is 15.6. The van der Waals surface area contributed by atoms with Crippen LogP contribution >= 0.6 is 35.3 Å². The maximum absolute atomic E-state index is 12.6. The maximum atomic E-state index is 12.6. The van der Waals surface area contributed by atoms with Crippen LogP contribution in [-0.4, -0.2) is 21.1 Å². The Morgan fingerprint density at radius 1 is 1.11 bits per heavy atom. The molecule has 0 spiro atoms. The molecular formula is C19H12N2O3S3. The number of carbonyl (C=O) groups excluding carboxylic acids is 2. The third-order valence-corrected chi connectivity index (χ3v) is 5.88. The van der Waals surface area contributed by atoms with E-state index in [0.717, 1.165) is 22.3 Å². The third kappa shape index (κ3) is 3.73. The van der Waals surface area contributed by atoms with E-state index in [2.05, 4.69) is 5.43 Å². The second-order valence-electron chi connectivity index (χ2n) is 5.50. The van der Waals surface area contributed by atoms with Crippen molar-refractivity contribution in [2.45, 2.75) is 0 Å². The van der Waals surface area contributed by atoms with Crippen molar-refractivity contribution in [1.29, 1.82) is 0 Å². The number of thiocarbonyl (C=S) groups is 1. The highest BCUT2D eigenvalue weighted by molar-refractivity contribution is 8.26. The molecule has 1 aliphatic rings. The van der Waals surface area contributed by atoms with Gasteiger partial charge >= 0.3 is 0 Å². The molecule has 134 valence electrons. The van der Waals surface area contributed by atoms with Gasteiger partial charge in [-0.05, 0) is 35.8 Å². The average Bonchev–Trinajstić information content (AvgIpc) is 3.41. The molecule has 8 heteroatoms. The van der Waals surface area contributed by atoms with E-state index in [1.807, 2.05) is 36.4 Å². The first-order chi connectivity index (χ1) is 13.1. The second kappa shape index (κ2) is 7.51. The summed E-state index contributed by atoms with van der Waals surface area (Å²) < 4.78 is 6.07. The molecule has 4 rings (SSSR count). The number of rotatable bonds is 4. The van der Waals surface area contributed by atoms with Gasteiger partial charge in [-0.1, -0.05) is 48.2 Å². The van der Waals surface area contributed by atoms with Gasteiger partial charge in [-0.25, -0.2) is 0 Å². The fourth-order valence-electron chi connectivity index (χ4n) is 2.45. The van der Waals surface area contributed by atoms with Crippen molar-refractivity contribution in [3.8, 4) is 11.3 Å². The molecule has 2 aromatic heterocycles. The monoisotopic (exact) mass is 412 g/mol. The standard InChI is InChI=1S/C19H12N2O3S3/c22-17(15-7-4-10-26-15)20-21-18(23)16(27-19(21)25)11-13-8-9-14(24-13)12-5-2-1-3-6-12/h1-11H,(H,20,22)/b16-11-. The van der Waals surface area contributed by atoms with E-state index in [9.17, 15) is 9.59 Å². The lowest BCUT2D eigenvalue weighted by atomic mass is 10.2. The number of nitrogens with one attached hydrogen (secondary N) is 1. The fraction of sp³-hybridized carbons (Fsp3) is 0. The van der Waals surface area contributed by atoms with Gasteiger partial charge in [0.15, 0.2) is 4.32 Å². The minimum atomic E-state index is -0.382. The van der Waals surface area contributed by atoms with Gasteiger partial charge in [0, 0.05) is 11.6 Å². The number of thiophene rings is 1. The van der Waals surface area contributed by atoms with Crippen LogP contribution in [0.25, 0.3) is 17.4 Å². The summed E-state index contributed by atoms with van der Waals surface area (Å²) >= 11 is 7.64. The van der Waals surface area contributed by atoms with Crippen molar-refractivity contribution in [2.24, 2.45) is 0 Å². The smallest absolute Gasteiger partial charge is 0.285 e. The molecule has 3 aromatic rings. The van der Waals surface area contributed by atoms with E-state index in [0.29, 0.717) is 21.3 Å². The van der Waals surface area contributed by atoms with Crippen LogP contribution < -0.4 is 5.43 Å². The van der Waals surface area contributed by atoms with Gasteiger partial charge < -0.3 is 4.42 Å². The molecule has 0 saturated carbocycles. The Kier molecular flexibility index (Phi) is 4.93. The lowest BCUT2D eigenvalue weighted by molar-refractivity contribution is -0.123. The van der Waals surface area contributed by atoms with Crippen LogP contribution in [0, 0.1) is 0 Å². The predicted octanol–water partition coefficient (Wildman–Crippen LogP) is 4.55. The summed E-state index contributed by atoms with van der Waals surface area (Å²) in [4.78, 5) is 25.7. The van der Waals surface area contributed by atoms with E-state index in [1.165, 1.54) is 11.3 Å². The summed E-state index contributed by atoms with van der Waals surface area (Å²) in [6, 6.07) is 16.8. The minimum Gasteiger partial charge on any atom is -0.457 e. The molecule has 1 aliphatic heterocycles. The zero-order chi connectivity index (χ0) is 18.8. The SMILES string of the molecule is O=C(NN1C(=O)/C(=C/c2ccc(-c3ccccc3)o2)SC1=S)c1cccs1. The van der Waals surface area contributed by atoms with E-state index in [1.54, 1.807) is 29.7 Å². The molecule has 27 heavy (non-hydrogen) atoms. The predicted molar refractivity (Wildman–Crippen MR) is 111 cm³/mol. The maximum Gasteiger partial charge on any atom is 0.285 e. The Balaban J connectivity index is 1.52. The first-order valence-corrected chi connectivity index (χ1v) is 10.00. The number of nitrogens with zero attached hydrogens (tertiary/aromatic N) is 1. The lowest BCUT2D eigenvalue weighted by Crippen LogP contribution is -2.44. The summed E-state index contributed by atoms with van der Waals surface area (Å²) in [5.74, 6) is 0.502. The van der Waals surface area contributed by atoms with E-state index in [-0.39, 0.29) is 16.1 Å². The molecule has 5 nitrogen and oxygen atoms in total. The number of carbonyl (C=O) groups is 2. The van der Waals surface area contributed by atoms with Crippen molar-refractivity contribution in [3.05, 3.63) is 75.5 Å². The second-order valence-corrected chi connectivity index (χ2v) is 8.13. The summed E-state index contributed by atoms with van der Waals surface area (Å²) in [7, 11) is 0. The molecule has 1 aromatic carbocycles. The largest absolute Gasteiger partial charge is 0.457 e. The molecule has 2 amide bonds. The zero-order valence-electron chi connectivity index (χ0n) is 13.7. The summed E-state index contributed by atoms with van der Waals surface area (Å²) in [6.07, 6.45) is 1.63. The molecule has 0 atom stereocenters. The Labute approximate surface area is 168 Å². The Bertz CT molecular complexity index is 1040. The number of furan rings is 1. The van der Waals surface area contributed by atoms with Gasteiger partial charge in [0.1, 0.15) is 11.5 Å². The van der Waals surface area contributed by atoms with Gasteiger partial charge in [0.2, 0.25) is 0 Å². The highest BCUT2D eigenvalue weighted by atomic mass is 32.2. The minimum absolute atomic E-state index is 0.269. The van der Waals surface area contributed by atoms with Crippen LogP contribution in [0.15, 0.2) is 69.3 Å². The quantitative estimate of drug-likeness (QED) is 0.503. The van der Waals surface area contributed by atoms with Gasteiger partial charge in [-0.3, -0.25) is 15.0 Å². The van der Waals surface area contributed by atoms with Crippen molar-refractivity contribution < 1.29 is 14.0 Å². The number of hydrogen-bond donors (Lipinski definition) is 1. The van der Waals surface area contributed by atoms with E-state index in [4.69, 9.17) is 16.6 Å². The van der Waals surface area contributed by atoms with E-state index >= 15 is 0 Å². The summed E-state index contributed by atoms with van der Waals surface area (Å²) in [5, 5.41) is 2.88. The molecule has 3 heterocycles. The van der Waals surface area contributed by atoms with Crippen molar-refractivity contribution in [2.75, 3.05) is 0 Å². The van der Waals surface area contributed by atoms with Crippen LogP contribution in [0.2, 0.25) is 0 Å². The highest BCUT2D eigenvalue weighted by Crippen LogP contribution is 2.32. The summed E-state index contributed by atoms with van der Waals surface area (Å²) in [6.45, 7) is 0. The molecule has 0 aliphatic carbocycles. The zero-order valence-corrected chi connectivity index (χ0v) is 16.2. The lowest BCUT2D eigenvalue weighted by Gasteiger charge is -2.14. The molecule has 0 bridgehead atoms. The van der Waals surface area contributed by atoms with Gasteiger partial charge in [0.25, 0.3) is 11.8 Å². The average molecular weight is 413 g/mol. The molecular weight excluding hydrogens is 400 g/mol. The van der Waals surface area contributed by atoms with Crippen LogP contribution in [0.4, 0.5) is 0 Å². The van der Waals surface area contributed by atoms with Crippen LogP contribution in [0.3, 0.4) is 0 Å². The van der Waals surface area contributed by atoms with Crippen molar-refractivity contribution in [3.63, 3.8) is 0 Å². The molecule has 1 N–H and O–H groups in total. The Morgan fingerprint density at radius 3 is 2.67 bits per heavy atom. The molecule has 1 fully saturated rings. The van der Waals surface area contributed by atoms with Crippen LogP contribution in [0.5, 0.6) is 0 Å². The number of amides is 2. The van der Waals surface area contributed by atoms with Gasteiger partial charge in [-0.2, -0.15) is 5.01 Å².